The minimum absolute atomic E-state index is 0.0666. The molecule has 0 fully saturated rings. The van der Waals surface area contributed by atoms with Crippen LogP contribution < -0.4 is 0 Å². The molecule has 8 aromatic rings. The summed E-state index contributed by atoms with van der Waals surface area (Å²) in [7, 11) is 0. The summed E-state index contributed by atoms with van der Waals surface area (Å²) >= 11 is 0. The molecule has 0 spiro atoms. The van der Waals surface area contributed by atoms with E-state index in [-0.39, 0.29) is 63.8 Å². The van der Waals surface area contributed by atoms with Crippen molar-refractivity contribution in [1.82, 2.24) is 0 Å². The summed E-state index contributed by atoms with van der Waals surface area (Å²) in [5.74, 6) is 0. The molecule has 1 heteroatoms. The fraction of sp³-hybridized carbons (Fsp3) is 0. The van der Waals surface area contributed by atoms with Crippen molar-refractivity contribution in [3.63, 3.8) is 0 Å². The maximum atomic E-state index is 9.52. The Morgan fingerprint density at radius 2 is 0.974 bits per heavy atom. The Labute approximate surface area is 235 Å². The van der Waals surface area contributed by atoms with Gasteiger partial charge in [0, 0.05) is 16.3 Å². The molecule has 0 bridgehead atoms. The topological polar surface area (TPSA) is 13.1 Å². The SMILES string of the molecule is [2H]c1c([2H])c([2H])c2c(oc3c([2H])c(-c4c5ccccc5c(-c5ccccc5)c5ccccc45)c([2H])c([2H])c32)c1-c1ccccc1. The fourth-order valence-corrected chi connectivity index (χ4v) is 5.66. The van der Waals surface area contributed by atoms with E-state index in [2.05, 4.69) is 12.1 Å². The zero-order valence-electron chi connectivity index (χ0n) is 26.8. The first kappa shape index (κ1) is 16.7. The number of rotatable bonds is 3. The minimum Gasteiger partial charge on any atom is -0.455 e. The first-order chi connectivity index (χ1) is 21.9. The van der Waals surface area contributed by atoms with Gasteiger partial charge in [0.25, 0.3) is 0 Å². The third-order valence-corrected chi connectivity index (χ3v) is 7.37. The summed E-state index contributed by atoms with van der Waals surface area (Å²) in [5.41, 5.74) is 4.25. The van der Waals surface area contributed by atoms with Gasteiger partial charge < -0.3 is 4.42 Å². The number of benzene rings is 7. The Hall–Kier alpha value is -5.14. The molecule has 39 heavy (non-hydrogen) atoms. The molecule has 7 aromatic carbocycles. The molecule has 0 aliphatic rings. The molecular formula is C38H24O. The first-order valence-corrected chi connectivity index (χ1v) is 12.9. The van der Waals surface area contributed by atoms with E-state index in [1.54, 1.807) is 12.1 Å². The Morgan fingerprint density at radius 3 is 1.59 bits per heavy atom. The standard InChI is InChI=1S/C38H24O/c1-3-12-25(13-4-1)28-20-11-21-34-29-23-22-27(24-35(29)39-38(28)34)37-32-18-9-7-16-30(32)36(26-14-5-2-6-15-26)31-17-8-10-19-33(31)37/h1-24H/i11D,20D,21D,22D,23D,24D. The molecule has 0 saturated carbocycles. The Morgan fingerprint density at radius 1 is 0.436 bits per heavy atom. The van der Waals surface area contributed by atoms with E-state index in [0.29, 0.717) is 16.7 Å². The average Bonchev–Trinajstić information content (AvgIpc) is 3.48. The van der Waals surface area contributed by atoms with Gasteiger partial charge in [-0.2, -0.15) is 0 Å². The summed E-state index contributed by atoms with van der Waals surface area (Å²) in [6.45, 7) is 0. The van der Waals surface area contributed by atoms with Gasteiger partial charge in [-0.3, -0.25) is 0 Å². The van der Waals surface area contributed by atoms with Crippen LogP contribution in [0.4, 0.5) is 0 Å². The number of furan rings is 1. The van der Waals surface area contributed by atoms with E-state index in [4.69, 9.17) is 8.53 Å². The summed E-state index contributed by atoms with van der Waals surface area (Å²) in [6, 6.07) is 34.1. The Bertz CT molecular complexity index is 2430. The van der Waals surface area contributed by atoms with Gasteiger partial charge in [-0.05, 0) is 61.4 Å². The molecule has 0 saturated heterocycles. The molecule has 182 valence electrons. The van der Waals surface area contributed by atoms with E-state index < -0.39 is 0 Å². The van der Waals surface area contributed by atoms with Gasteiger partial charge in [0.2, 0.25) is 0 Å². The molecule has 0 N–H and O–H groups in total. The number of hydrogen-bond donors (Lipinski definition) is 0. The Kier molecular flexibility index (Phi) is 3.72. The van der Waals surface area contributed by atoms with Crippen molar-refractivity contribution in [1.29, 1.82) is 0 Å². The van der Waals surface area contributed by atoms with Gasteiger partial charge in [-0.25, -0.2) is 0 Å². The molecule has 0 aliphatic heterocycles. The highest BCUT2D eigenvalue weighted by Gasteiger charge is 2.18. The normalized spacial score (nSPS) is 13.7. The third-order valence-electron chi connectivity index (χ3n) is 7.37. The lowest BCUT2D eigenvalue weighted by atomic mass is 9.86. The van der Waals surface area contributed by atoms with Crippen LogP contribution in [0.1, 0.15) is 8.22 Å². The highest BCUT2D eigenvalue weighted by atomic mass is 16.3. The van der Waals surface area contributed by atoms with Gasteiger partial charge in [-0.15, -0.1) is 0 Å². The van der Waals surface area contributed by atoms with Crippen LogP contribution in [0.5, 0.6) is 0 Å². The van der Waals surface area contributed by atoms with Crippen molar-refractivity contribution in [2.45, 2.75) is 0 Å². The van der Waals surface area contributed by atoms with Crippen LogP contribution in [0.15, 0.2) is 150 Å². The molecule has 8 rings (SSSR count). The third kappa shape index (κ3) is 3.41. The van der Waals surface area contributed by atoms with E-state index in [9.17, 15) is 4.11 Å². The van der Waals surface area contributed by atoms with Crippen LogP contribution in [0.2, 0.25) is 0 Å². The van der Waals surface area contributed by atoms with E-state index >= 15 is 0 Å². The lowest BCUT2D eigenvalue weighted by Crippen LogP contribution is -1.90. The number of fused-ring (bicyclic) bond motifs is 5. The molecule has 0 atom stereocenters. The van der Waals surface area contributed by atoms with E-state index in [0.717, 1.165) is 32.7 Å². The van der Waals surface area contributed by atoms with Crippen molar-refractivity contribution in [3.05, 3.63) is 145 Å². The maximum Gasteiger partial charge on any atom is 0.143 e. The zero-order valence-corrected chi connectivity index (χ0v) is 20.8. The molecule has 1 heterocycles. The fourth-order valence-electron chi connectivity index (χ4n) is 5.66. The molecular weight excluding hydrogens is 472 g/mol. The quantitative estimate of drug-likeness (QED) is 0.219. The van der Waals surface area contributed by atoms with Crippen molar-refractivity contribution < 1.29 is 12.6 Å². The van der Waals surface area contributed by atoms with Crippen LogP contribution in [0.25, 0.3) is 76.9 Å². The first-order valence-electron chi connectivity index (χ1n) is 15.9. The van der Waals surface area contributed by atoms with Gasteiger partial charge in [0.05, 0.1) is 8.22 Å². The molecule has 0 radical (unpaired) electrons. The van der Waals surface area contributed by atoms with Gasteiger partial charge in [0.1, 0.15) is 11.2 Å². The largest absolute Gasteiger partial charge is 0.455 e. The lowest BCUT2D eigenvalue weighted by molar-refractivity contribution is 0.670. The van der Waals surface area contributed by atoms with Crippen molar-refractivity contribution >= 4 is 43.5 Å². The van der Waals surface area contributed by atoms with Crippen molar-refractivity contribution in [2.24, 2.45) is 0 Å². The monoisotopic (exact) mass is 502 g/mol. The van der Waals surface area contributed by atoms with Crippen LogP contribution in [0.3, 0.4) is 0 Å². The number of hydrogen-bond acceptors (Lipinski definition) is 1. The van der Waals surface area contributed by atoms with Gasteiger partial charge >= 0.3 is 0 Å². The predicted molar refractivity (Wildman–Crippen MR) is 165 cm³/mol. The van der Waals surface area contributed by atoms with E-state index in [1.807, 2.05) is 84.9 Å². The predicted octanol–water partition coefficient (Wildman–Crippen LogP) is 10.9. The van der Waals surface area contributed by atoms with E-state index in [1.165, 1.54) is 0 Å². The van der Waals surface area contributed by atoms with Gasteiger partial charge in [-0.1, -0.05) is 133 Å². The Balaban J connectivity index is 1.55. The molecule has 0 amide bonds. The van der Waals surface area contributed by atoms with Crippen LogP contribution in [-0.4, -0.2) is 0 Å². The minimum atomic E-state index is -0.293. The second-order valence-corrected chi connectivity index (χ2v) is 9.58. The highest BCUT2D eigenvalue weighted by molar-refractivity contribution is 6.22. The summed E-state index contributed by atoms with van der Waals surface area (Å²) < 4.78 is 60.6. The molecule has 0 aliphatic carbocycles. The maximum absolute atomic E-state index is 9.52. The van der Waals surface area contributed by atoms with Crippen molar-refractivity contribution in [2.75, 3.05) is 0 Å². The molecule has 1 nitrogen and oxygen atoms in total. The molecule has 1 aromatic heterocycles. The van der Waals surface area contributed by atoms with Crippen LogP contribution in [0, 0.1) is 0 Å². The van der Waals surface area contributed by atoms with Crippen molar-refractivity contribution in [3.8, 4) is 33.4 Å². The summed E-state index contributed by atoms with van der Waals surface area (Å²) in [6.07, 6.45) is 0. The van der Waals surface area contributed by atoms with Crippen LogP contribution in [-0.2, 0) is 0 Å². The second kappa shape index (κ2) is 8.72. The van der Waals surface area contributed by atoms with Crippen LogP contribution >= 0.6 is 0 Å². The summed E-state index contributed by atoms with van der Waals surface area (Å²) in [4.78, 5) is 0. The second-order valence-electron chi connectivity index (χ2n) is 9.58. The summed E-state index contributed by atoms with van der Waals surface area (Å²) in [5, 5.41) is 3.95. The van der Waals surface area contributed by atoms with Gasteiger partial charge in [0.15, 0.2) is 0 Å². The molecule has 0 unspecified atom stereocenters. The zero-order chi connectivity index (χ0) is 31.0. The smallest absolute Gasteiger partial charge is 0.143 e. The lowest BCUT2D eigenvalue weighted by Gasteiger charge is -2.17. The number of para-hydroxylation sites is 1. The average molecular weight is 503 g/mol. The highest BCUT2D eigenvalue weighted by Crippen LogP contribution is 2.45.